The van der Waals surface area contributed by atoms with E-state index in [0.717, 1.165) is 0 Å². The summed E-state index contributed by atoms with van der Waals surface area (Å²) in [6.07, 6.45) is -4.59. The smallest absolute Gasteiger partial charge is 0.396 e. The van der Waals surface area contributed by atoms with Crippen LogP contribution in [0.25, 0.3) is 0 Å². The van der Waals surface area contributed by atoms with Gasteiger partial charge in [-0.05, 0) is 18.4 Å². The molecule has 0 radical (unpaired) electrons. The van der Waals surface area contributed by atoms with Crippen LogP contribution in [0.4, 0.5) is 13.2 Å². The SMILES string of the molecule is O=C(O)C1CCN(C(=O)C[C@H](c2ccccc2)C(F)(F)F)CC1. The van der Waals surface area contributed by atoms with E-state index in [1.54, 1.807) is 6.07 Å². The van der Waals surface area contributed by atoms with Crippen molar-refractivity contribution < 1.29 is 27.9 Å². The zero-order valence-electron chi connectivity index (χ0n) is 12.4. The molecule has 1 aromatic rings. The summed E-state index contributed by atoms with van der Waals surface area (Å²) < 4.78 is 39.8. The van der Waals surface area contributed by atoms with Gasteiger partial charge in [0, 0.05) is 19.5 Å². The zero-order chi connectivity index (χ0) is 17.0. The first-order valence-corrected chi connectivity index (χ1v) is 7.41. The summed E-state index contributed by atoms with van der Waals surface area (Å²) in [5.74, 6) is -3.87. The predicted molar refractivity (Wildman–Crippen MR) is 76.8 cm³/mol. The number of carbonyl (C=O) groups is 2. The third-order valence-corrected chi connectivity index (χ3v) is 4.17. The molecule has 0 aromatic heterocycles. The van der Waals surface area contributed by atoms with Crippen molar-refractivity contribution in [2.45, 2.75) is 31.4 Å². The van der Waals surface area contributed by atoms with Gasteiger partial charge in [0.05, 0.1) is 11.8 Å². The van der Waals surface area contributed by atoms with Gasteiger partial charge in [-0.3, -0.25) is 9.59 Å². The minimum Gasteiger partial charge on any atom is -0.481 e. The molecule has 0 unspecified atom stereocenters. The van der Waals surface area contributed by atoms with Crippen LogP contribution in [0.2, 0.25) is 0 Å². The summed E-state index contributed by atoms with van der Waals surface area (Å²) in [5, 5.41) is 8.91. The highest BCUT2D eigenvalue weighted by atomic mass is 19.4. The number of carbonyl (C=O) groups excluding carboxylic acids is 1. The van der Waals surface area contributed by atoms with Gasteiger partial charge in [0.15, 0.2) is 0 Å². The first kappa shape index (κ1) is 17.3. The van der Waals surface area contributed by atoms with Crippen LogP contribution in [-0.4, -0.2) is 41.1 Å². The number of piperidine rings is 1. The lowest BCUT2D eigenvalue weighted by molar-refractivity contribution is -0.161. The number of hydrogen-bond donors (Lipinski definition) is 1. The van der Waals surface area contributed by atoms with Crippen molar-refractivity contribution >= 4 is 11.9 Å². The van der Waals surface area contributed by atoms with Crippen LogP contribution in [-0.2, 0) is 9.59 Å². The number of aliphatic carboxylic acids is 1. The Hall–Kier alpha value is -2.05. The third kappa shape index (κ3) is 4.46. The average molecular weight is 329 g/mol. The van der Waals surface area contributed by atoms with E-state index in [-0.39, 0.29) is 31.5 Å². The van der Waals surface area contributed by atoms with Gasteiger partial charge >= 0.3 is 12.1 Å². The summed E-state index contributed by atoms with van der Waals surface area (Å²) in [6, 6.07) is 7.37. The minimum atomic E-state index is -4.50. The molecule has 1 saturated heterocycles. The van der Waals surface area contributed by atoms with Gasteiger partial charge in [-0.2, -0.15) is 13.2 Å². The lowest BCUT2D eigenvalue weighted by Crippen LogP contribution is -2.41. The number of hydrogen-bond acceptors (Lipinski definition) is 2. The molecule has 1 heterocycles. The molecule has 1 N–H and O–H groups in total. The van der Waals surface area contributed by atoms with E-state index < -0.39 is 36.3 Å². The number of rotatable bonds is 4. The molecular formula is C16H18F3NO3. The monoisotopic (exact) mass is 329 g/mol. The van der Waals surface area contributed by atoms with Crippen LogP contribution in [0.5, 0.6) is 0 Å². The summed E-state index contributed by atoms with van der Waals surface area (Å²) >= 11 is 0. The van der Waals surface area contributed by atoms with Crippen LogP contribution >= 0.6 is 0 Å². The summed E-state index contributed by atoms with van der Waals surface area (Å²) in [6.45, 7) is 0.379. The topological polar surface area (TPSA) is 57.6 Å². The zero-order valence-corrected chi connectivity index (χ0v) is 12.4. The van der Waals surface area contributed by atoms with E-state index in [4.69, 9.17) is 5.11 Å². The Morgan fingerprint density at radius 3 is 2.22 bits per heavy atom. The van der Waals surface area contributed by atoms with Gasteiger partial charge in [0.25, 0.3) is 0 Å². The molecule has 0 spiro atoms. The quantitative estimate of drug-likeness (QED) is 0.924. The van der Waals surface area contributed by atoms with E-state index in [1.165, 1.54) is 29.2 Å². The first-order chi connectivity index (χ1) is 10.8. The molecule has 4 nitrogen and oxygen atoms in total. The average Bonchev–Trinajstić information content (AvgIpc) is 2.52. The number of amides is 1. The number of alkyl halides is 3. The molecule has 1 fully saturated rings. The molecule has 126 valence electrons. The van der Waals surface area contributed by atoms with Crippen LogP contribution in [0.1, 0.15) is 30.7 Å². The Balaban J connectivity index is 2.03. The van der Waals surface area contributed by atoms with Crippen molar-refractivity contribution in [2.75, 3.05) is 13.1 Å². The fraction of sp³-hybridized carbons (Fsp3) is 0.500. The molecule has 2 rings (SSSR count). The molecule has 0 aliphatic carbocycles. The number of likely N-dealkylation sites (tertiary alicyclic amines) is 1. The predicted octanol–water partition coefficient (Wildman–Crippen LogP) is 3.05. The first-order valence-electron chi connectivity index (χ1n) is 7.41. The second-order valence-electron chi connectivity index (χ2n) is 5.70. The molecule has 7 heteroatoms. The molecule has 1 atom stereocenters. The van der Waals surface area contributed by atoms with Crippen molar-refractivity contribution in [3.8, 4) is 0 Å². The van der Waals surface area contributed by atoms with Crippen LogP contribution in [0.3, 0.4) is 0 Å². The normalized spacial score (nSPS) is 17.8. The fourth-order valence-electron chi connectivity index (χ4n) is 2.79. The van der Waals surface area contributed by atoms with Gasteiger partial charge < -0.3 is 10.0 Å². The Bertz CT molecular complexity index is 551. The Labute approximate surface area is 131 Å². The largest absolute Gasteiger partial charge is 0.481 e. The van der Waals surface area contributed by atoms with Crippen molar-refractivity contribution in [1.29, 1.82) is 0 Å². The lowest BCUT2D eigenvalue weighted by atomic mass is 9.93. The molecule has 1 aliphatic heterocycles. The van der Waals surface area contributed by atoms with Crippen molar-refractivity contribution in [3.05, 3.63) is 35.9 Å². The standard InChI is InChI=1S/C16H18F3NO3/c17-16(18,19)13(11-4-2-1-3-5-11)10-14(21)20-8-6-12(7-9-20)15(22)23/h1-5,12-13H,6-10H2,(H,22,23)/t13-/m1/s1. The van der Waals surface area contributed by atoms with Gasteiger partial charge in [-0.15, -0.1) is 0 Å². The summed E-state index contributed by atoms with van der Waals surface area (Å²) in [5.41, 5.74) is 0.0637. The molecule has 0 bridgehead atoms. The van der Waals surface area contributed by atoms with Gasteiger partial charge in [0.2, 0.25) is 5.91 Å². The van der Waals surface area contributed by atoms with E-state index in [9.17, 15) is 22.8 Å². The number of benzene rings is 1. The van der Waals surface area contributed by atoms with Gasteiger partial charge in [0.1, 0.15) is 0 Å². The van der Waals surface area contributed by atoms with Crippen molar-refractivity contribution in [3.63, 3.8) is 0 Å². The van der Waals surface area contributed by atoms with E-state index >= 15 is 0 Å². The lowest BCUT2D eigenvalue weighted by Gasteiger charge is -2.31. The molecule has 1 amide bonds. The molecule has 23 heavy (non-hydrogen) atoms. The second kappa shape index (κ2) is 7.02. The number of carboxylic acids is 1. The highest BCUT2D eigenvalue weighted by Gasteiger charge is 2.42. The molecule has 0 saturated carbocycles. The fourth-order valence-corrected chi connectivity index (χ4v) is 2.79. The molecule has 1 aromatic carbocycles. The Morgan fingerprint density at radius 1 is 1.17 bits per heavy atom. The maximum atomic E-state index is 13.3. The maximum Gasteiger partial charge on any atom is 0.396 e. The minimum absolute atomic E-state index is 0.0637. The highest BCUT2D eigenvalue weighted by Crippen LogP contribution is 2.38. The van der Waals surface area contributed by atoms with E-state index in [2.05, 4.69) is 0 Å². The summed E-state index contributed by atoms with van der Waals surface area (Å²) in [7, 11) is 0. The van der Waals surface area contributed by atoms with Crippen LogP contribution in [0, 0.1) is 5.92 Å². The third-order valence-electron chi connectivity index (χ3n) is 4.17. The van der Waals surface area contributed by atoms with E-state index in [0.29, 0.717) is 0 Å². The Kier molecular flexibility index (Phi) is 5.28. The van der Waals surface area contributed by atoms with Gasteiger partial charge in [-0.1, -0.05) is 30.3 Å². The van der Waals surface area contributed by atoms with Crippen molar-refractivity contribution in [1.82, 2.24) is 4.90 Å². The second-order valence-corrected chi connectivity index (χ2v) is 5.70. The molecule has 1 aliphatic rings. The molecular weight excluding hydrogens is 311 g/mol. The maximum absolute atomic E-state index is 13.3. The Morgan fingerprint density at radius 2 is 1.74 bits per heavy atom. The summed E-state index contributed by atoms with van der Waals surface area (Å²) in [4.78, 5) is 24.4. The van der Waals surface area contributed by atoms with Crippen LogP contribution in [0.15, 0.2) is 30.3 Å². The number of carboxylic acid groups (broad SMARTS) is 1. The van der Waals surface area contributed by atoms with Crippen molar-refractivity contribution in [2.24, 2.45) is 5.92 Å². The van der Waals surface area contributed by atoms with Gasteiger partial charge in [-0.25, -0.2) is 0 Å². The van der Waals surface area contributed by atoms with E-state index in [1.807, 2.05) is 0 Å². The highest BCUT2D eigenvalue weighted by molar-refractivity contribution is 5.78. The number of halogens is 3. The number of nitrogens with zero attached hydrogens (tertiary/aromatic N) is 1. The van der Waals surface area contributed by atoms with Crippen LogP contribution < -0.4 is 0 Å².